The van der Waals surface area contributed by atoms with Crippen LogP contribution in [0.1, 0.15) is 101 Å². The minimum absolute atomic E-state index is 0.233. The zero-order valence-electron chi connectivity index (χ0n) is 32.1. The van der Waals surface area contributed by atoms with E-state index in [9.17, 15) is 9.59 Å². The Labute approximate surface area is 323 Å². The third-order valence-electron chi connectivity index (χ3n) is 12.7. The second kappa shape index (κ2) is 15.6. The van der Waals surface area contributed by atoms with Crippen LogP contribution in [0, 0.1) is 12.8 Å². The molecule has 4 aliphatic rings. The molecule has 8 rings (SSSR count). The van der Waals surface area contributed by atoms with Gasteiger partial charge in [-0.1, -0.05) is 49.2 Å². The number of nitrogens with one attached hydrogen (secondary N) is 2. The lowest BCUT2D eigenvalue weighted by Crippen LogP contribution is -2.42. The van der Waals surface area contributed by atoms with Crippen molar-refractivity contribution in [1.29, 1.82) is 0 Å². The maximum absolute atomic E-state index is 13.8. The Balaban J connectivity index is 0.959. The standard InChI is InChI=1S/C42H53ClN8O3/c1-5-27-12-14-28(15-13-27)50-20-16-36-34(24-50)44-39(48(36)3)41(52)46-32-10-6-8-30(26(32)2)31-9-7-11-33(38(31)43)47-42(53)40-45-35-25-51(21-17-37(35)49(40)4)29-18-22-54-23-19-29/h6-11,27-29H,5,12-25H2,1-4H3,(H,46,52)(H,47,53). The molecule has 4 aromatic rings. The van der Waals surface area contributed by atoms with Gasteiger partial charge >= 0.3 is 0 Å². The molecule has 2 aromatic heterocycles. The molecule has 11 nitrogen and oxygen atoms in total. The second-order valence-electron chi connectivity index (χ2n) is 15.7. The molecule has 0 spiro atoms. The van der Waals surface area contributed by atoms with E-state index < -0.39 is 0 Å². The first-order chi connectivity index (χ1) is 26.2. The Morgan fingerprint density at radius 1 is 0.759 bits per heavy atom. The molecule has 0 bridgehead atoms. The van der Waals surface area contributed by atoms with E-state index in [1.54, 1.807) is 6.07 Å². The third-order valence-corrected chi connectivity index (χ3v) is 13.1. The normalized spacial score (nSPS) is 21.1. The maximum atomic E-state index is 13.8. The van der Waals surface area contributed by atoms with E-state index in [4.69, 9.17) is 26.3 Å². The Morgan fingerprint density at radius 2 is 1.28 bits per heavy atom. The van der Waals surface area contributed by atoms with Gasteiger partial charge in [-0.2, -0.15) is 0 Å². The number of ether oxygens (including phenoxy) is 1. The first-order valence-electron chi connectivity index (χ1n) is 19.9. The van der Waals surface area contributed by atoms with E-state index in [1.807, 2.05) is 60.5 Å². The predicted octanol–water partition coefficient (Wildman–Crippen LogP) is 7.15. The number of rotatable bonds is 8. The van der Waals surface area contributed by atoms with Gasteiger partial charge in [0, 0.05) is 101 Å². The topological polar surface area (TPSA) is 110 Å². The summed E-state index contributed by atoms with van der Waals surface area (Å²) in [6.07, 6.45) is 10.2. The smallest absolute Gasteiger partial charge is 0.291 e. The lowest BCUT2D eigenvalue weighted by atomic mass is 9.83. The zero-order valence-corrected chi connectivity index (χ0v) is 32.8. The summed E-state index contributed by atoms with van der Waals surface area (Å²) in [7, 11) is 3.87. The number of hydrogen-bond donors (Lipinski definition) is 2. The quantitative estimate of drug-likeness (QED) is 0.197. The molecule has 1 saturated heterocycles. The van der Waals surface area contributed by atoms with Crippen LogP contribution in [0.2, 0.25) is 5.02 Å². The van der Waals surface area contributed by atoms with Gasteiger partial charge in [-0.05, 0) is 74.6 Å². The van der Waals surface area contributed by atoms with Gasteiger partial charge in [0.1, 0.15) is 0 Å². The van der Waals surface area contributed by atoms with Gasteiger partial charge in [-0.25, -0.2) is 9.97 Å². The first-order valence-corrected chi connectivity index (χ1v) is 20.2. The highest BCUT2D eigenvalue weighted by molar-refractivity contribution is 6.36. The highest BCUT2D eigenvalue weighted by Crippen LogP contribution is 2.38. The lowest BCUT2D eigenvalue weighted by Gasteiger charge is -2.38. The number of benzene rings is 2. The van der Waals surface area contributed by atoms with E-state index >= 15 is 0 Å². The molecule has 0 atom stereocenters. The van der Waals surface area contributed by atoms with Gasteiger partial charge in [0.15, 0.2) is 11.6 Å². The van der Waals surface area contributed by atoms with Crippen molar-refractivity contribution in [3.8, 4) is 11.1 Å². The lowest BCUT2D eigenvalue weighted by molar-refractivity contribution is 0.0283. The first kappa shape index (κ1) is 36.9. The van der Waals surface area contributed by atoms with Gasteiger partial charge < -0.3 is 24.5 Å². The molecule has 12 heteroatoms. The van der Waals surface area contributed by atoms with Crippen LogP contribution in [0.25, 0.3) is 11.1 Å². The highest BCUT2D eigenvalue weighted by atomic mass is 35.5. The average Bonchev–Trinajstić information content (AvgIpc) is 3.72. The number of imidazole rings is 2. The van der Waals surface area contributed by atoms with E-state index in [-0.39, 0.29) is 11.8 Å². The molecule has 3 aliphatic heterocycles. The Hall–Kier alpha value is -4.03. The molecule has 2 fully saturated rings. The van der Waals surface area contributed by atoms with E-state index in [0.29, 0.717) is 40.1 Å². The van der Waals surface area contributed by atoms with Crippen LogP contribution < -0.4 is 10.6 Å². The summed E-state index contributed by atoms with van der Waals surface area (Å²) >= 11 is 7.04. The zero-order chi connectivity index (χ0) is 37.5. The molecule has 2 N–H and O–H groups in total. The largest absolute Gasteiger partial charge is 0.381 e. The summed E-state index contributed by atoms with van der Waals surface area (Å²) < 4.78 is 9.46. The number of carbonyl (C=O) groups excluding carboxylic acids is 2. The molecule has 286 valence electrons. The number of nitrogens with zero attached hydrogens (tertiary/aromatic N) is 6. The van der Waals surface area contributed by atoms with Gasteiger partial charge in [-0.15, -0.1) is 0 Å². The van der Waals surface area contributed by atoms with E-state index in [2.05, 4.69) is 27.4 Å². The van der Waals surface area contributed by atoms with E-state index in [0.717, 1.165) is 110 Å². The average molecular weight is 753 g/mol. The number of aromatic nitrogens is 4. The van der Waals surface area contributed by atoms with Crippen LogP contribution in [-0.4, -0.2) is 79.1 Å². The van der Waals surface area contributed by atoms with Gasteiger partial charge in [0.2, 0.25) is 0 Å². The number of fused-ring (bicyclic) bond motifs is 2. The fourth-order valence-corrected chi connectivity index (χ4v) is 9.63. The molecular weight excluding hydrogens is 700 g/mol. The van der Waals surface area contributed by atoms with Crippen molar-refractivity contribution in [2.75, 3.05) is 36.9 Å². The Bertz CT molecular complexity index is 2040. The molecule has 1 saturated carbocycles. The van der Waals surface area contributed by atoms with Crippen molar-refractivity contribution in [2.24, 2.45) is 20.0 Å². The minimum atomic E-state index is -0.300. The Kier molecular flexibility index (Phi) is 10.7. The molecule has 54 heavy (non-hydrogen) atoms. The van der Waals surface area contributed by atoms with Crippen molar-refractivity contribution < 1.29 is 14.3 Å². The third kappa shape index (κ3) is 7.11. The van der Waals surface area contributed by atoms with Crippen molar-refractivity contribution >= 4 is 34.8 Å². The summed E-state index contributed by atoms with van der Waals surface area (Å²) in [4.78, 5) is 42.3. The summed E-state index contributed by atoms with van der Waals surface area (Å²) in [5.41, 5.74) is 7.92. The van der Waals surface area contributed by atoms with Crippen molar-refractivity contribution in [3.05, 3.63) is 81.4 Å². The fourth-order valence-electron chi connectivity index (χ4n) is 9.35. The van der Waals surface area contributed by atoms with Crippen LogP contribution in [0.3, 0.4) is 0 Å². The molecule has 2 aromatic carbocycles. The maximum Gasteiger partial charge on any atom is 0.291 e. The highest BCUT2D eigenvalue weighted by Gasteiger charge is 2.32. The molecule has 0 radical (unpaired) electrons. The van der Waals surface area contributed by atoms with Gasteiger partial charge in [0.05, 0.1) is 22.1 Å². The van der Waals surface area contributed by atoms with Crippen LogP contribution in [0.15, 0.2) is 36.4 Å². The number of carbonyl (C=O) groups is 2. The summed E-state index contributed by atoms with van der Waals surface area (Å²) in [5, 5.41) is 6.61. The summed E-state index contributed by atoms with van der Waals surface area (Å²) in [6.45, 7) is 9.38. The predicted molar refractivity (Wildman–Crippen MR) is 212 cm³/mol. The summed E-state index contributed by atoms with van der Waals surface area (Å²) in [6, 6.07) is 12.5. The van der Waals surface area contributed by atoms with Crippen LogP contribution >= 0.6 is 11.6 Å². The monoisotopic (exact) mass is 752 g/mol. The minimum Gasteiger partial charge on any atom is -0.381 e. The fraction of sp³-hybridized carbons (Fsp3) is 0.524. The van der Waals surface area contributed by atoms with E-state index in [1.165, 1.54) is 32.1 Å². The molecule has 5 heterocycles. The number of halogens is 1. The number of anilines is 2. The number of amides is 2. The molecular formula is C42H53ClN8O3. The van der Waals surface area contributed by atoms with Crippen LogP contribution in [0.4, 0.5) is 11.4 Å². The molecule has 2 amide bonds. The number of hydrogen-bond acceptors (Lipinski definition) is 7. The van der Waals surface area contributed by atoms with Crippen molar-refractivity contribution in [1.82, 2.24) is 28.9 Å². The van der Waals surface area contributed by atoms with Crippen molar-refractivity contribution in [3.63, 3.8) is 0 Å². The Morgan fingerprint density at radius 3 is 1.85 bits per heavy atom. The van der Waals surface area contributed by atoms with Gasteiger partial charge in [-0.3, -0.25) is 19.4 Å². The summed E-state index contributed by atoms with van der Waals surface area (Å²) in [5.74, 6) is 1.14. The SMILES string of the molecule is CCC1CCC(N2CCc3c(nc(C(=O)Nc4cccc(-c5cccc(NC(=O)c6nc7c(n6C)CCN(C6CCOCC6)C7)c5Cl)c4C)n3C)C2)CC1. The van der Waals surface area contributed by atoms with Gasteiger partial charge in [0.25, 0.3) is 11.8 Å². The molecule has 1 aliphatic carbocycles. The van der Waals surface area contributed by atoms with Crippen LogP contribution in [0.5, 0.6) is 0 Å². The second-order valence-corrected chi connectivity index (χ2v) is 16.1. The molecule has 0 unspecified atom stereocenters. The van der Waals surface area contributed by atoms with Crippen LogP contribution in [-0.2, 0) is 44.8 Å². The van der Waals surface area contributed by atoms with Crippen molar-refractivity contribution in [2.45, 2.75) is 96.8 Å².